The summed E-state index contributed by atoms with van der Waals surface area (Å²) in [5.41, 5.74) is 8.41. The first-order chi connectivity index (χ1) is 8.08. The van der Waals surface area contributed by atoms with Crippen molar-refractivity contribution in [1.29, 1.82) is 0 Å². The molecule has 2 aromatic rings. The highest BCUT2D eigenvalue weighted by atomic mass is 35.5. The molecule has 0 fully saturated rings. The van der Waals surface area contributed by atoms with Crippen LogP contribution in [0, 0.1) is 0 Å². The van der Waals surface area contributed by atoms with Crippen LogP contribution in [0.5, 0.6) is 0 Å². The molecule has 90 valence electrons. The Hall–Kier alpha value is -1.04. The van der Waals surface area contributed by atoms with Gasteiger partial charge in [0.25, 0.3) is 0 Å². The number of aromatic nitrogens is 2. The van der Waals surface area contributed by atoms with Gasteiger partial charge < -0.3 is 10.6 Å². The Kier molecular flexibility index (Phi) is 3.71. The molecule has 0 spiro atoms. The van der Waals surface area contributed by atoms with Crippen molar-refractivity contribution in [3.8, 4) is 0 Å². The lowest BCUT2D eigenvalue weighted by molar-refractivity contribution is 0.875. The molecule has 7 heteroatoms. The molecular weight excluding hydrogens is 279 g/mol. The molecule has 4 nitrogen and oxygen atoms in total. The highest BCUT2D eigenvalue weighted by Gasteiger charge is 2.12. The average Bonchev–Trinajstić information content (AvgIpc) is 2.76. The SMILES string of the molecule is CN(Cc1cscn1)c1nc(N)c(Cl)cc1Cl. The molecule has 0 atom stereocenters. The number of anilines is 2. The van der Waals surface area contributed by atoms with Crippen LogP contribution in [0.4, 0.5) is 11.6 Å². The Morgan fingerprint density at radius 3 is 2.82 bits per heavy atom. The molecule has 0 amide bonds. The van der Waals surface area contributed by atoms with Crippen molar-refractivity contribution < 1.29 is 0 Å². The van der Waals surface area contributed by atoms with Crippen LogP contribution in [-0.4, -0.2) is 17.0 Å². The fourth-order valence-electron chi connectivity index (χ4n) is 1.37. The van der Waals surface area contributed by atoms with Crippen LogP contribution in [0.3, 0.4) is 0 Å². The second kappa shape index (κ2) is 5.08. The minimum Gasteiger partial charge on any atom is -0.382 e. The summed E-state index contributed by atoms with van der Waals surface area (Å²) < 4.78 is 0. The molecule has 2 N–H and O–H groups in total. The van der Waals surface area contributed by atoms with E-state index in [1.54, 1.807) is 22.9 Å². The van der Waals surface area contributed by atoms with Gasteiger partial charge in [0.15, 0.2) is 0 Å². The summed E-state index contributed by atoms with van der Waals surface area (Å²) in [6.07, 6.45) is 0. The molecule has 0 aromatic carbocycles. The van der Waals surface area contributed by atoms with Crippen LogP contribution in [0.15, 0.2) is 17.0 Å². The van der Waals surface area contributed by atoms with Gasteiger partial charge in [-0.15, -0.1) is 11.3 Å². The molecule has 0 saturated carbocycles. The highest BCUT2D eigenvalue weighted by Crippen LogP contribution is 2.29. The third kappa shape index (κ3) is 2.80. The van der Waals surface area contributed by atoms with Crippen LogP contribution in [0.1, 0.15) is 5.69 Å². The molecule has 0 saturated heterocycles. The fraction of sp³-hybridized carbons (Fsp3) is 0.200. The normalized spacial score (nSPS) is 10.5. The summed E-state index contributed by atoms with van der Waals surface area (Å²) in [6.45, 7) is 0.622. The average molecular weight is 289 g/mol. The molecule has 0 aliphatic carbocycles. The predicted molar refractivity (Wildman–Crippen MR) is 72.9 cm³/mol. The van der Waals surface area contributed by atoms with Gasteiger partial charge in [0, 0.05) is 12.4 Å². The Morgan fingerprint density at radius 1 is 1.41 bits per heavy atom. The first kappa shape index (κ1) is 12.4. The molecule has 0 unspecified atom stereocenters. The van der Waals surface area contributed by atoms with Gasteiger partial charge in [0.1, 0.15) is 11.6 Å². The van der Waals surface area contributed by atoms with Gasteiger partial charge >= 0.3 is 0 Å². The summed E-state index contributed by atoms with van der Waals surface area (Å²) in [6, 6.07) is 1.60. The van der Waals surface area contributed by atoms with Crippen molar-refractivity contribution in [2.75, 3.05) is 17.7 Å². The van der Waals surface area contributed by atoms with E-state index < -0.39 is 0 Å². The van der Waals surface area contributed by atoms with Crippen LogP contribution in [0.2, 0.25) is 10.0 Å². The zero-order chi connectivity index (χ0) is 12.4. The van der Waals surface area contributed by atoms with Gasteiger partial charge in [-0.1, -0.05) is 23.2 Å². The van der Waals surface area contributed by atoms with Crippen molar-refractivity contribution in [3.05, 3.63) is 32.7 Å². The Morgan fingerprint density at radius 2 is 2.18 bits per heavy atom. The number of hydrogen-bond acceptors (Lipinski definition) is 5. The first-order valence-corrected chi connectivity index (χ1v) is 6.47. The maximum Gasteiger partial charge on any atom is 0.150 e. The predicted octanol–water partition coefficient (Wildman–Crippen LogP) is 3.06. The van der Waals surface area contributed by atoms with E-state index in [1.807, 2.05) is 17.3 Å². The van der Waals surface area contributed by atoms with Crippen LogP contribution in [0.25, 0.3) is 0 Å². The van der Waals surface area contributed by atoms with E-state index >= 15 is 0 Å². The van der Waals surface area contributed by atoms with Crippen molar-refractivity contribution in [1.82, 2.24) is 9.97 Å². The molecule has 17 heavy (non-hydrogen) atoms. The number of halogens is 2. The van der Waals surface area contributed by atoms with Crippen molar-refractivity contribution in [2.45, 2.75) is 6.54 Å². The smallest absolute Gasteiger partial charge is 0.150 e. The monoisotopic (exact) mass is 288 g/mol. The molecule has 2 heterocycles. The quantitative estimate of drug-likeness (QED) is 0.943. The minimum atomic E-state index is 0.274. The lowest BCUT2D eigenvalue weighted by Crippen LogP contribution is -2.18. The molecule has 0 bridgehead atoms. The van der Waals surface area contributed by atoms with Crippen LogP contribution < -0.4 is 10.6 Å². The topological polar surface area (TPSA) is 55.0 Å². The standard InChI is InChI=1S/C10H10Cl2N4S/c1-16(3-6-4-17-5-14-6)10-8(12)2-7(11)9(13)15-10/h2,4-5H,3H2,1H3,(H2,13,15). The number of nitrogens with two attached hydrogens (primary N) is 1. The second-order valence-corrected chi connectivity index (χ2v) is 5.03. The van der Waals surface area contributed by atoms with E-state index in [0.29, 0.717) is 22.4 Å². The van der Waals surface area contributed by atoms with E-state index in [0.717, 1.165) is 5.69 Å². The number of nitrogen functional groups attached to an aromatic ring is 1. The third-order valence-electron chi connectivity index (χ3n) is 2.18. The largest absolute Gasteiger partial charge is 0.382 e. The number of thiazole rings is 1. The Labute approximate surface area is 113 Å². The molecule has 0 aliphatic rings. The number of nitrogens with zero attached hydrogens (tertiary/aromatic N) is 3. The van der Waals surface area contributed by atoms with Gasteiger partial charge in [-0.05, 0) is 6.07 Å². The van der Waals surface area contributed by atoms with E-state index in [-0.39, 0.29) is 5.82 Å². The van der Waals surface area contributed by atoms with E-state index in [9.17, 15) is 0 Å². The van der Waals surface area contributed by atoms with Gasteiger partial charge in [-0.3, -0.25) is 0 Å². The summed E-state index contributed by atoms with van der Waals surface area (Å²) in [5, 5.41) is 2.81. The maximum atomic E-state index is 6.07. The number of pyridine rings is 1. The van der Waals surface area contributed by atoms with Gasteiger partial charge in [0.2, 0.25) is 0 Å². The lowest BCUT2D eigenvalue weighted by atomic mass is 10.4. The molecule has 0 aliphatic heterocycles. The highest BCUT2D eigenvalue weighted by molar-refractivity contribution is 7.07. The summed E-state index contributed by atoms with van der Waals surface area (Å²) in [5.74, 6) is 0.873. The maximum absolute atomic E-state index is 6.07. The van der Waals surface area contributed by atoms with Crippen molar-refractivity contribution >= 4 is 46.2 Å². The van der Waals surface area contributed by atoms with Crippen LogP contribution in [-0.2, 0) is 6.54 Å². The number of rotatable bonds is 3. The zero-order valence-electron chi connectivity index (χ0n) is 9.02. The Bertz CT molecular complexity index is 515. The summed E-state index contributed by atoms with van der Waals surface area (Å²) in [7, 11) is 1.88. The summed E-state index contributed by atoms with van der Waals surface area (Å²) in [4.78, 5) is 10.2. The summed E-state index contributed by atoms with van der Waals surface area (Å²) >= 11 is 13.5. The lowest BCUT2D eigenvalue weighted by Gasteiger charge is -2.18. The minimum absolute atomic E-state index is 0.274. The van der Waals surface area contributed by atoms with Gasteiger partial charge in [-0.25, -0.2) is 9.97 Å². The first-order valence-electron chi connectivity index (χ1n) is 4.77. The third-order valence-corrected chi connectivity index (χ3v) is 3.40. The van der Waals surface area contributed by atoms with Gasteiger partial charge in [-0.2, -0.15) is 0 Å². The molecular formula is C10H10Cl2N4S. The Balaban J connectivity index is 2.24. The van der Waals surface area contributed by atoms with E-state index in [2.05, 4.69) is 9.97 Å². The molecule has 2 rings (SSSR count). The fourth-order valence-corrected chi connectivity index (χ4v) is 2.42. The number of hydrogen-bond donors (Lipinski definition) is 1. The molecule has 0 radical (unpaired) electrons. The van der Waals surface area contributed by atoms with Crippen molar-refractivity contribution in [3.63, 3.8) is 0 Å². The van der Waals surface area contributed by atoms with E-state index in [4.69, 9.17) is 28.9 Å². The van der Waals surface area contributed by atoms with Crippen LogP contribution >= 0.6 is 34.5 Å². The zero-order valence-corrected chi connectivity index (χ0v) is 11.4. The van der Waals surface area contributed by atoms with Gasteiger partial charge in [0.05, 0.1) is 27.8 Å². The van der Waals surface area contributed by atoms with E-state index in [1.165, 1.54) is 0 Å². The second-order valence-electron chi connectivity index (χ2n) is 3.50. The van der Waals surface area contributed by atoms with Crippen molar-refractivity contribution in [2.24, 2.45) is 0 Å². The molecule has 2 aromatic heterocycles.